The highest BCUT2D eigenvalue weighted by Gasteiger charge is 1.99. The fourth-order valence-corrected chi connectivity index (χ4v) is 0.750. The molecule has 0 aliphatic heterocycles. The fraction of sp³-hybridized carbons (Fsp3) is 0.200. The Balaban J connectivity index is 0.000000557. The van der Waals surface area contributed by atoms with Gasteiger partial charge in [-0.25, -0.2) is 9.59 Å². The normalized spacial score (nSPS) is 8.29. The molecule has 94 valence electrons. The summed E-state index contributed by atoms with van der Waals surface area (Å²) in [4.78, 5) is 24.4. The molecule has 1 aromatic carbocycles. The summed E-state index contributed by atoms with van der Waals surface area (Å²) < 4.78 is 4.59. The molecule has 0 aliphatic carbocycles. The van der Waals surface area contributed by atoms with E-state index in [9.17, 15) is 4.79 Å². The maximum atomic E-state index is 10.8. The van der Waals surface area contributed by atoms with E-state index in [2.05, 4.69) is 16.0 Å². The molecule has 0 radical (unpaired) electrons. The summed E-state index contributed by atoms with van der Waals surface area (Å²) in [6.45, 7) is 2.05. The van der Waals surface area contributed by atoms with Gasteiger partial charge < -0.3 is 20.4 Å². The van der Waals surface area contributed by atoms with Crippen molar-refractivity contribution in [2.24, 2.45) is 5.73 Å². The summed E-state index contributed by atoms with van der Waals surface area (Å²) >= 11 is 0. The molecule has 0 heterocycles. The number of nitrogens with two attached hydrogens (primary N) is 1. The Hall–Kier alpha value is -2.44. The van der Waals surface area contributed by atoms with Crippen LogP contribution in [-0.4, -0.2) is 23.9 Å². The van der Waals surface area contributed by atoms with Crippen molar-refractivity contribution >= 4 is 12.2 Å². The van der Waals surface area contributed by atoms with Gasteiger partial charge >= 0.3 is 12.2 Å². The molecule has 7 heteroatoms. The van der Waals surface area contributed by atoms with Crippen LogP contribution < -0.4 is 16.1 Å². The van der Waals surface area contributed by atoms with Crippen molar-refractivity contribution in [1.29, 1.82) is 0 Å². The molecule has 2 amide bonds. The van der Waals surface area contributed by atoms with Gasteiger partial charge in [0.1, 0.15) is 0 Å². The highest BCUT2D eigenvalue weighted by molar-refractivity contribution is 5.66. The number of hydrogen-bond acceptors (Lipinski definition) is 4. The average molecular weight is 242 g/mol. The second kappa shape index (κ2) is 8.84. The Kier molecular flexibility index (Phi) is 7.57. The minimum absolute atomic E-state index is 0.323. The van der Waals surface area contributed by atoms with Crippen LogP contribution in [0.5, 0.6) is 5.75 Å². The van der Waals surface area contributed by atoms with Crippen LogP contribution in [0.3, 0.4) is 0 Å². The smallest absolute Gasteiger partial charge is 0.440 e. The number of hydrogen-bond donors (Lipinski definition) is 3. The number of carbonyl (C=O) groups is 2. The summed E-state index contributed by atoms with van der Waals surface area (Å²) in [7, 11) is 0. The molecule has 0 spiro atoms. The van der Waals surface area contributed by atoms with Crippen LogP contribution in [-0.2, 0) is 4.74 Å². The predicted molar refractivity (Wildman–Crippen MR) is 59.4 cm³/mol. The number of carbonyl (C=O) groups excluding carboxylic acids is 1. The van der Waals surface area contributed by atoms with Gasteiger partial charge in [0.25, 0.3) is 0 Å². The van der Waals surface area contributed by atoms with Crippen molar-refractivity contribution in [3.05, 3.63) is 30.3 Å². The average Bonchev–Trinajstić information content (AvgIpc) is 2.27. The number of rotatable bonds is 3. The standard InChI is InChI=1S/C9H11NO3.CH3NO2/c1-2-12-9(11)10-13-8-6-4-3-5-7-8;2-1(3)4/h3-7H,2H2,1H3,(H,10,11);2H2,(H,3,4). The van der Waals surface area contributed by atoms with Gasteiger partial charge in [-0.15, -0.1) is 0 Å². The third kappa shape index (κ3) is 9.85. The first-order chi connectivity index (χ1) is 8.06. The second-order valence-corrected chi connectivity index (χ2v) is 2.58. The summed E-state index contributed by atoms with van der Waals surface area (Å²) in [5.74, 6) is 0.565. The van der Waals surface area contributed by atoms with Crippen LogP contribution in [0.4, 0.5) is 9.59 Å². The van der Waals surface area contributed by atoms with Gasteiger partial charge in [0.05, 0.1) is 6.61 Å². The van der Waals surface area contributed by atoms with Crippen LogP contribution in [0.25, 0.3) is 0 Å². The molecule has 0 aromatic heterocycles. The van der Waals surface area contributed by atoms with Gasteiger partial charge in [0.2, 0.25) is 0 Å². The van der Waals surface area contributed by atoms with E-state index in [1.165, 1.54) is 0 Å². The number of ether oxygens (including phenoxy) is 1. The highest BCUT2D eigenvalue weighted by Crippen LogP contribution is 2.06. The number of amides is 2. The molecule has 1 aromatic rings. The van der Waals surface area contributed by atoms with Gasteiger partial charge in [-0.2, -0.15) is 5.48 Å². The highest BCUT2D eigenvalue weighted by atomic mass is 16.7. The summed E-state index contributed by atoms with van der Waals surface area (Å²) in [6, 6.07) is 8.93. The third-order valence-electron chi connectivity index (χ3n) is 1.27. The summed E-state index contributed by atoms with van der Waals surface area (Å²) in [5, 5.41) is 7.19. The zero-order valence-corrected chi connectivity index (χ0v) is 9.25. The lowest BCUT2D eigenvalue weighted by Crippen LogP contribution is -2.27. The van der Waals surface area contributed by atoms with E-state index in [-0.39, 0.29) is 0 Å². The minimum atomic E-state index is -1.33. The van der Waals surface area contributed by atoms with Gasteiger partial charge in [-0.1, -0.05) is 18.2 Å². The van der Waals surface area contributed by atoms with E-state index in [0.717, 1.165) is 0 Å². The largest absolute Gasteiger partial charge is 0.465 e. The molecule has 0 saturated heterocycles. The Labute approximate surface area is 98.1 Å². The van der Waals surface area contributed by atoms with Gasteiger partial charge in [0.15, 0.2) is 5.75 Å². The maximum absolute atomic E-state index is 10.8. The van der Waals surface area contributed by atoms with E-state index >= 15 is 0 Å². The molecular formula is C10H14N2O5. The maximum Gasteiger partial charge on any atom is 0.440 e. The SMILES string of the molecule is CCOC(=O)NOc1ccccc1.NC(=O)O. The lowest BCUT2D eigenvalue weighted by Gasteiger charge is -2.05. The molecular weight excluding hydrogens is 228 g/mol. The fourth-order valence-electron chi connectivity index (χ4n) is 0.750. The third-order valence-corrected chi connectivity index (χ3v) is 1.27. The lowest BCUT2D eigenvalue weighted by molar-refractivity contribution is 0.104. The number of primary amides is 1. The Morgan fingerprint density at radius 3 is 2.35 bits per heavy atom. The topological polar surface area (TPSA) is 111 Å². The molecule has 0 saturated carbocycles. The molecule has 4 N–H and O–H groups in total. The zero-order valence-electron chi connectivity index (χ0n) is 9.25. The van der Waals surface area contributed by atoms with E-state index in [1.54, 1.807) is 19.1 Å². The van der Waals surface area contributed by atoms with Gasteiger partial charge in [-0.3, -0.25) is 0 Å². The molecule has 7 nitrogen and oxygen atoms in total. The van der Waals surface area contributed by atoms with E-state index < -0.39 is 12.2 Å². The Morgan fingerprint density at radius 1 is 1.35 bits per heavy atom. The van der Waals surface area contributed by atoms with E-state index in [1.807, 2.05) is 18.2 Å². The van der Waals surface area contributed by atoms with Crippen molar-refractivity contribution < 1.29 is 24.3 Å². The molecule has 0 atom stereocenters. The monoisotopic (exact) mass is 242 g/mol. The molecule has 0 fully saturated rings. The van der Waals surface area contributed by atoms with Crippen LogP contribution in [0.2, 0.25) is 0 Å². The van der Waals surface area contributed by atoms with Crippen LogP contribution in [0.1, 0.15) is 6.92 Å². The molecule has 17 heavy (non-hydrogen) atoms. The second-order valence-electron chi connectivity index (χ2n) is 2.58. The van der Waals surface area contributed by atoms with Crippen molar-refractivity contribution in [3.8, 4) is 5.75 Å². The summed E-state index contributed by atoms with van der Waals surface area (Å²) in [5.41, 5.74) is 6.17. The van der Waals surface area contributed by atoms with Crippen molar-refractivity contribution in [1.82, 2.24) is 5.48 Å². The quantitative estimate of drug-likeness (QED) is 0.693. The first kappa shape index (κ1) is 14.6. The minimum Gasteiger partial charge on any atom is -0.465 e. The number of para-hydroxylation sites is 1. The van der Waals surface area contributed by atoms with Crippen molar-refractivity contribution in [2.75, 3.05) is 6.61 Å². The summed E-state index contributed by atoms with van der Waals surface area (Å²) in [6.07, 6.45) is -1.92. The molecule has 0 unspecified atom stereocenters. The van der Waals surface area contributed by atoms with Gasteiger partial charge in [-0.05, 0) is 19.1 Å². The first-order valence-corrected chi connectivity index (χ1v) is 4.69. The Bertz CT molecular complexity index is 338. The number of hydroxylamine groups is 1. The Morgan fingerprint density at radius 2 is 1.88 bits per heavy atom. The van der Waals surface area contributed by atoms with Crippen molar-refractivity contribution in [2.45, 2.75) is 6.92 Å². The molecule has 0 bridgehead atoms. The van der Waals surface area contributed by atoms with E-state index in [4.69, 9.17) is 14.7 Å². The molecule has 1 rings (SSSR count). The lowest BCUT2D eigenvalue weighted by atomic mass is 10.3. The molecule has 0 aliphatic rings. The van der Waals surface area contributed by atoms with Crippen LogP contribution in [0.15, 0.2) is 30.3 Å². The number of carboxylic acid groups (broad SMARTS) is 1. The predicted octanol–water partition coefficient (Wildman–Crippen LogP) is 1.35. The first-order valence-electron chi connectivity index (χ1n) is 4.69. The van der Waals surface area contributed by atoms with Gasteiger partial charge in [0, 0.05) is 0 Å². The van der Waals surface area contributed by atoms with E-state index in [0.29, 0.717) is 12.4 Å². The zero-order chi connectivity index (χ0) is 13.1. The van der Waals surface area contributed by atoms with Crippen LogP contribution >= 0.6 is 0 Å². The number of nitrogens with one attached hydrogen (secondary N) is 1. The van der Waals surface area contributed by atoms with Crippen molar-refractivity contribution in [3.63, 3.8) is 0 Å². The number of benzene rings is 1. The van der Waals surface area contributed by atoms with Crippen LogP contribution in [0, 0.1) is 0 Å².